The zero-order valence-electron chi connectivity index (χ0n) is 16.4. The lowest BCUT2D eigenvalue weighted by atomic mass is 10.2. The Hall–Kier alpha value is -2.93. The number of nitrogens with one attached hydrogen (secondary N) is 1. The predicted octanol–water partition coefficient (Wildman–Crippen LogP) is 3.79. The van der Waals surface area contributed by atoms with Gasteiger partial charge < -0.3 is 23.5 Å². The first kappa shape index (κ1) is 22.7. The van der Waals surface area contributed by atoms with E-state index in [4.69, 9.17) is 9.47 Å². The molecule has 1 aromatic carbocycles. The summed E-state index contributed by atoms with van der Waals surface area (Å²) in [5.74, 6) is -0.425. The van der Waals surface area contributed by atoms with Crippen LogP contribution in [-0.2, 0) is 16.9 Å². The van der Waals surface area contributed by atoms with Gasteiger partial charge in [0.15, 0.2) is 28.8 Å². The number of pyridine rings is 1. The van der Waals surface area contributed by atoms with E-state index >= 15 is 0 Å². The molecule has 0 bridgehead atoms. The number of halogens is 4. The minimum absolute atomic E-state index is 0.0109. The number of aromatic amines is 1. The predicted molar refractivity (Wildman–Crippen MR) is 102 cm³/mol. The second-order valence-electron chi connectivity index (χ2n) is 6.04. The van der Waals surface area contributed by atoms with E-state index in [0.29, 0.717) is 22.8 Å². The fraction of sp³-hybridized carbons (Fsp3) is 0.333. The van der Waals surface area contributed by atoms with Gasteiger partial charge in [-0.1, -0.05) is 0 Å². The van der Waals surface area contributed by atoms with Crippen molar-refractivity contribution >= 4 is 22.2 Å². The van der Waals surface area contributed by atoms with Crippen molar-refractivity contribution in [2.75, 3.05) is 14.2 Å². The third-order valence-corrected chi connectivity index (χ3v) is 5.36. The number of nitrogens with zero attached hydrogens (tertiary/aromatic N) is 2. The summed E-state index contributed by atoms with van der Waals surface area (Å²) in [5.41, 5.74) is 1.31. The number of H-pyrrole nitrogens is 1. The number of imidazole rings is 1. The topological polar surface area (TPSA) is 102 Å². The van der Waals surface area contributed by atoms with Crippen LogP contribution in [0.5, 0.6) is 23.0 Å². The molecule has 3 rings (SSSR count). The van der Waals surface area contributed by atoms with Crippen molar-refractivity contribution in [3.63, 3.8) is 0 Å². The summed E-state index contributed by atoms with van der Waals surface area (Å²) in [6.45, 7) is -4.79. The summed E-state index contributed by atoms with van der Waals surface area (Å²) in [6, 6.07) is 2.02. The van der Waals surface area contributed by atoms with Crippen molar-refractivity contribution in [1.82, 2.24) is 15.0 Å². The van der Waals surface area contributed by atoms with Crippen LogP contribution in [-0.4, -0.2) is 46.9 Å². The average molecular weight is 463 g/mol. The highest BCUT2D eigenvalue weighted by molar-refractivity contribution is 7.90. The number of alkyl halides is 4. The molecule has 1 N–H and O–H groups in total. The maximum absolute atomic E-state index is 12.8. The second-order valence-corrected chi connectivity index (χ2v) is 7.40. The van der Waals surface area contributed by atoms with Crippen LogP contribution in [0, 0.1) is 6.92 Å². The quantitative estimate of drug-likeness (QED) is 0.381. The van der Waals surface area contributed by atoms with Crippen molar-refractivity contribution < 1.29 is 41.1 Å². The monoisotopic (exact) mass is 463 g/mol. The Balaban J connectivity index is 1.92. The molecule has 2 heterocycles. The number of benzene rings is 1. The van der Waals surface area contributed by atoms with Gasteiger partial charge in [-0.2, -0.15) is 22.5 Å². The summed E-state index contributed by atoms with van der Waals surface area (Å²) in [6.07, 6.45) is 1.43. The van der Waals surface area contributed by atoms with E-state index in [1.165, 1.54) is 20.4 Å². The number of methoxy groups -OCH3 is 2. The molecule has 168 valence electrons. The van der Waals surface area contributed by atoms with E-state index in [1.807, 2.05) is 0 Å². The molecule has 2 aromatic heterocycles. The Kier molecular flexibility index (Phi) is 6.95. The van der Waals surface area contributed by atoms with Gasteiger partial charge in [0.1, 0.15) is 0 Å². The van der Waals surface area contributed by atoms with Gasteiger partial charge in [-0.15, -0.1) is 0 Å². The van der Waals surface area contributed by atoms with Crippen molar-refractivity contribution in [3.8, 4) is 23.0 Å². The van der Waals surface area contributed by atoms with Crippen molar-refractivity contribution in [1.29, 1.82) is 0 Å². The summed E-state index contributed by atoms with van der Waals surface area (Å²) < 4.78 is 82.1. The van der Waals surface area contributed by atoms with Crippen LogP contribution in [0.15, 0.2) is 23.5 Å². The minimum Gasteiger partial charge on any atom is -0.609 e. The highest BCUT2D eigenvalue weighted by Crippen LogP contribution is 2.35. The van der Waals surface area contributed by atoms with Crippen LogP contribution in [0.2, 0.25) is 0 Å². The van der Waals surface area contributed by atoms with Gasteiger partial charge in [-0.3, -0.25) is 9.97 Å². The lowest BCUT2D eigenvalue weighted by Gasteiger charge is -2.14. The van der Waals surface area contributed by atoms with Crippen molar-refractivity contribution in [2.45, 2.75) is 31.1 Å². The highest BCUT2D eigenvalue weighted by Gasteiger charge is 2.24. The van der Waals surface area contributed by atoms with Gasteiger partial charge in [0.2, 0.25) is 0 Å². The number of rotatable bonds is 9. The zero-order chi connectivity index (χ0) is 22.7. The number of aromatic nitrogens is 3. The Morgan fingerprint density at radius 2 is 1.68 bits per heavy atom. The molecule has 1 unspecified atom stereocenters. The normalized spacial score (nSPS) is 12.5. The molecule has 3 aromatic rings. The number of hydrogen-bond acceptors (Lipinski definition) is 7. The van der Waals surface area contributed by atoms with Gasteiger partial charge in [-0.05, 0) is 6.92 Å². The number of ether oxygens (including phenoxy) is 4. The maximum Gasteiger partial charge on any atom is 0.387 e. The fourth-order valence-corrected chi connectivity index (χ4v) is 3.92. The molecular formula is C18H17F4N3O5S. The summed E-state index contributed by atoms with van der Waals surface area (Å²) in [5, 5.41) is -0.0109. The molecule has 0 saturated heterocycles. The Morgan fingerprint density at radius 1 is 1.03 bits per heavy atom. The van der Waals surface area contributed by atoms with Gasteiger partial charge in [-0.25, -0.2) is 0 Å². The Labute approximate surface area is 176 Å². The first-order valence-corrected chi connectivity index (χ1v) is 9.93. The van der Waals surface area contributed by atoms with E-state index in [0.717, 1.165) is 12.1 Å². The van der Waals surface area contributed by atoms with Crippen LogP contribution in [0.25, 0.3) is 11.0 Å². The summed E-state index contributed by atoms with van der Waals surface area (Å²) >= 11 is -1.73. The zero-order valence-corrected chi connectivity index (χ0v) is 17.3. The molecule has 0 saturated carbocycles. The van der Waals surface area contributed by atoms with Gasteiger partial charge in [0.05, 0.1) is 37.1 Å². The van der Waals surface area contributed by atoms with E-state index < -0.39 is 35.9 Å². The summed E-state index contributed by atoms with van der Waals surface area (Å²) in [7, 11) is 2.92. The van der Waals surface area contributed by atoms with Crippen molar-refractivity contribution in [2.24, 2.45) is 0 Å². The third-order valence-electron chi connectivity index (χ3n) is 4.20. The van der Waals surface area contributed by atoms with Crippen LogP contribution in [0.4, 0.5) is 17.6 Å². The average Bonchev–Trinajstić information content (AvgIpc) is 3.11. The van der Waals surface area contributed by atoms with E-state index in [2.05, 4.69) is 24.4 Å². The maximum atomic E-state index is 12.8. The molecular weight excluding hydrogens is 446 g/mol. The van der Waals surface area contributed by atoms with Gasteiger partial charge in [0, 0.05) is 28.9 Å². The molecule has 0 aliphatic carbocycles. The first-order chi connectivity index (χ1) is 14.7. The standard InChI is InChI=1S/C18H17F4N3O5S/c1-8-11(23-6-14(27-2)15(8)28-3)7-31(26)18-24-9-4-12(29-16(19)20)13(30-17(21)22)5-10(9)25-18/h4-6,16-17H,7H2,1-3H3,(H,24,25). The molecule has 31 heavy (non-hydrogen) atoms. The molecule has 0 aliphatic heterocycles. The molecule has 13 heteroatoms. The molecule has 1 atom stereocenters. The summed E-state index contributed by atoms with van der Waals surface area (Å²) in [4.78, 5) is 11.0. The van der Waals surface area contributed by atoms with Crippen LogP contribution >= 0.6 is 0 Å². The fourth-order valence-electron chi connectivity index (χ4n) is 2.82. The smallest absolute Gasteiger partial charge is 0.387 e. The lowest BCUT2D eigenvalue weighted by Crippen LogP contribution is -2.10. The van der Waals surface area contributed by atoms with Gasteiger partial charge in [0.25, 0.3) is 0 Å². The van der Waals surface area contributed by atoms with E-state index in [-0.39, 0.29) is 21.9 Å². The number of fused-ring (bicyclic) bond motifs is 1. The molecule has 0 aliphatic rings. The van der Waals surface area contributed by atoms with Crippen LogP contribution in [0.1, 0.15) is 11.3 Å². The third kappa shape index (κ3) is 5.05. The van der Waals surface area contributed by atoms with E-state index in [1.54, 1.807) is 6.92 Å². The highest BCUT2D eigenvalue weighted by atomic mass is 32.2. The van der Waals surface area contributed by atoms with E-state index in [9.17, 15) is 22.1 Å². The Morgan fingerprint density at radius 3 is 2.26 bits per heavy atom. The molecule has 8 nitrogen and oxygen atoms in total. The minimum atomic E-state index is -3.26. The Bertz CT molecular complexity index is 1020. The van der Waals surface area contributed by atoms with Crippen molar-refractivity contribution in [3.05, 3.63) is 29.6 Å². The second kappa shape index (κ2) is 9.47. The molecule has 0 spiro atoms. The molecule has 0 radical (unpaired) electrons. The first-order valence-electron chi connectivity index (χ1n) is 8.61. The van der Waals surface area contributed by atoms with Crippen LogP contribution in [0.3, 0.4) is 0 Å². The molecule has 0 fully saturated rings. The molecule has 0 amide bonds. The lowest BCUT2D eigenvalue weighted by molar-refractivity contribution is -0.0690. The van der Waals surface area contributed by atoms with Crippen LogP contribution < -0.4 is 18.9 Å². The SMILES string of the molecule is COc1cnc(C[S+]([O-])c2nc3cc(OC(F)F)c(OC(F)F)cc3[nH]2)c(C)c1OC. The largest absolute Gasteiger partial charge is 0.609 e. The van der Waals surface area contributed by atoms with Gasteiger partial charge >= 0.3 is 18.4 Å². The number of hydrogen-bond donors (Lipinski definition) is 1.